The van der Waals surface area contributed by atoms with Crippen molar-refractivity contribution in [2.24, 2.45) is 0 Å². The van der Waals surface area contributed by atoms with Gasteiger partial charge in [0.2, 0.25) is 5.95 Å². The number of hydrogen-bond acceptors (Lipinski definition) is 3. The van der Waals surface area contributed by atoms with Gasteiger partial charge >= 0.3 is 0 Å². The van der Waals surface area contributed by atoms with Crippen molar-refractivity contribution in [2.45, 2.75) is 0 Å². The normalized spacial score (nSPS) is 12.8. The first kappa shape index (κ1) is 27.0. The molecule has 0 aliphatic rings. The third kappa shape index (κ3) is 5.13. The van der Waals surface area contributed by atoms with E-state index < -0.39 is 6.04 Å². The molecule has 5 heteroatoms. The number of rotatable bonds is 6. The molecule has 0 radical (unpaired) electrons. The summed E-state index contributed by atoms with van der Waals surface area (Å²) < 4.78 is 47.7. The summed E-state index contributed by atoms with van der Waals surface area (Å²) in [4.78, 5) is 15.6. The molecule has 0 aliphatic heterocycles. The van der Waals surface area contributed by atoms with E-state index in [2.05, 4.69) is 69.8 Å². The molecule has 0 fully saturated rings. The van der Waals surface area contributed by atoms with E-state index in [9.17, 15) is 0 Å². The van der Waals surface area contributed by atoms with Gasteiger partial charge in [0.05, 0.1) is 34.6 Å². The third-order valence-corrected chi connectivity index (χ3v) is 10.5. The quantitative estimate of drug-likeness (QED) is 0.172. The van der Waals surface area contributed by atoms with Gasteiger partial charge < -0.3 is 4.57 Å². The van der Waals surface area contributed by atoms with E-state index in [1.165, 1.54) is 0 Å². The lowest BCUT2D eigenvalue weighted by Gasteiger charge is -2.16. The van der Waals surface area contributed by atoms with Crippen molar-refractivity contribution in [3.05, 3.63) is 200 Å². The van der Waals surface area contributed by atoms with Crippen molar-refractivity contribution in [3.63, 3.8) is 0 Å². The van der Waals surface area contributed by atoms with Gasteiger partial charge in [-0.25, -0.2) is 4.98 Å². The number of hydrogen-bond donors (Lipinski definition) is 0. The SMILES string of the molecule is [2H]c1c([2H])c([2H])c(-c2ccccc2-n2c3ccccc3c3ccc4c5ccccc5n(-c5nc(-c6ccccc6)nc(-c6ccc(-c7ccccc7)cc6)n5)c4c32)c([2H])c1[2H]. The maximum absolute atomic E-state index is 9.00. The molecule has 3 aromatic heterocycles. The predicted octanol–water partition coefficient (Wildman–Crippen LogP) is 12.7. The Morgan fingerprint density at radius 3 is 1.50 bits per heavy atom. The van der Waals surface area contributed by atoms with Crippen LogP contribution >= 0.6 is 0 Å². The van der Waals surface area contributed by atoms with Gasteiger partial charge in [-0.05, 0) is 34.9 Å². The molecule has 56 heavy (non-hydrogen) atoms. The van der Waals surface area contributed by atoms with Gasteiger partial charge in [-0.15, -0.1) is 0 Å². The van der Waals surface area contributed by atoms with Crippen LogP contribution in [0.5, 0.6) is 0 Å². The van der Waals surface area contributed by atoms with Gasteiger partial charge in [-0.2, -0.15) is 9.97 Å². The topological polar surface area (TPSA) is 48.5 Å². The zero-order chi connectivity index (χ0) is 41.4. The minimum absolute atomic E-state index is 0.133. The van der Waals surface area contributed by atoms with Gasteiger partial charge in [0.15, 0.2) is 11.6 Å². The molecule has 0 N–H and O–H groups in total. The lowest BCUT2D eigenvalue weighted by Crippen LogP contribution is -2.07. The summed E-state index contributed by atoms with van der Waals surface area (Å²) in [5.41, 5.74) is 8.69. The zero-order valence-electron chi connectivity index (χ0n) is 34.9. The smallest absolute Gasteiger partial charge is 0.238 e. The summed E-state index contributed by atoms with van der Waals surface area (Å²) in [7, 11) is 0. The molecule has 11 rings (SSSR count). The second-order valence-electron chi connectivity index (χ2n) is 13.7. The molecule has 8 aromatic carbocycles. The molecule has 0 unspecified atom stereocenters. The van der Waals surface area contributed by atoms with E-state index in [1.54, 1.807) is 0 Å². The molecule has 11 aromatic rings. The average Bonchev–Trinajstić information content (AvgIpc) is 3.84. The zero-order valence-corrected chi connectivity index (χ0v) is 29.9. The first-order chi connectivity index (χ1) is 29.9. The standard InChI is InChI=1S/C51H33N5/c1-4-16-34(17-5-1)35-28-30-38(31-29-35)50-52-49(37-20-8-3-9-21-37)53-51(54-50)56-46-27-15-12-24-41(46)43-33-32-42-40-23-11-14-26-45(40)55(47(42)48(43)56)44-25-13-10-22-39(44)36-18-6-2-7-19-36/h1-33H/i2D,6D,7D,18D,19D. The summed E-state index contributed by atoms with van der Waals surface area (Å²) in [5.74, 6) is 1.48. The third-order valence-electron chi connectivity index (χ3n) is 10.5. The number of benzene rings is 8. The van der Waals surface area contributed by atoms with Crippen LogP contribution in [0.25, 0.3) is 100 Å². The van der Waals surface area contributed by atoms with E-state index in [0.29, 0.717) is 28.8 Å². The summed E-state index contributed by atoms with van der Waals surface area (Å²) >= 11 is 0. The minimum atomic E-state index is -0.432. The van der Waals surface area contributed by atoms with Gasteiger partial charge in [0, 0.05) is 38.2 Å². The van der Waals surface area contributed by atoms with E-state index in [-0.39, 0.29) is 29.7 Å². The lowest BCUT2D eigenvalue weighted by atomic mass is 10.0. The fourth-order valence-corrected chi connectivity index (χ4v) is 7.98. The van der Waals surface area contributed by atoms with Crippen LogP contribution in [-0.4, -0.2) is 24.1 Å². The molecule has 0 atom stereocenters. The van der Waals surface area contributed by atoms with E-state index in [1.807, 2.05) is 109 Å². The van der Waals surface area contributed by atoms with Crippen molar-refractivity contribution >= 4 is 43.6 Å². The second kappa shape index (κ2) is 13.0. The highest BCUT2D eigenvalue weighted by Crippen LogP contribution is 2.43. The summed E-state index contributed by atoms with van der Waals surface area (Å²) in [6.07, 6.45) is 0. The van der Waals surface area contributed by atoms with Crippen molar-refractivity contribution in [2.75, 3.05) is 0 Å². The van der Waals surface area contributed by atoms with Crippen LogP contribution in [0.1, 0.15) is 6.85 Å². The molecular weight excluding hydrogens is 683 g/mol. The minimum Gasteiger partial charge on any atom is -0.307 e. The fraction of sp³-hybridized carbons (Fsp3) is 0. The molecule has 0 aliphatic carbocycles. The van der Waals surface area contributed by atoms with Crippen LogP contribution < -0.4 is 0 Å². The van der Waals surface area contributed by atoms with E-state index >= 15 is 0 Å². The maximum Gasteiger partial charge on any atom is 0.238 e. The summed E-state index contributed by atoms with van der Waals surface area (Å²) in [6.45, 7) is 0. The molecule has 0 spiro atoms. The molecule has 0 saturated heterocycles. The Kier molecular flexibility index (Phi) is 6.29. The molecule has 0 bridgehead atoms. The monoisotopic (exact) mass is 720 g/mol. The first-order valence-corrected chi connectivity index (χ1v) is 18.5. The summed E-state index contributed by atoms with van der Waals surface area (Å²) in [5, 5.41) is 3.94. The Labute approximate surface area is 330 Å². The average molecular weight is 721 g/mol. The molecular formula is C51H33N5. The molecule has 0 saturated carbocycles. The number of nitrogens with zero attached hydrogens (tertiary/aromatic N) is 5. The second-order valence-corrected chi connectivity index (χ2v) is 13.7. The van der Waals surface area contributed by atoms with Gasteiger partial charge in [0.25, 0.3) is 0 Å². The van der Waals surface area contributed by atoms with Gasteiger partial charge in [0.1, 0.15) is 0 Å². The molecule has 5 nitrogen and oxygen atoms in total. The fourth-order valence-electron chi connectivity index (χ4n) is 7.98. The molecule has 3 heterocycles. The number of fused-ring (bicyclic) bond motifs is 7. The van der Waals surface area contributed by atoms with Crippen LogP contribution in [0.15, 0.2) is 200 Å². The van der Waals surface area contributed by atoms with Crippen LogP contribution in [0, 0.1) is 0 Å². The Balaban J connectivity index is 1.25. The van der Waals surface area contributed by atoms with Gasteiger partial charge in [-0.1, -0.05) is 182 Å². The van der Waals surface area contributed by atoms with Crippen LogP contribution in [0.3, 0.4) is 0 Å². The molecule has 0 amide bonds. The Bertz CT molecular complexity index is 3500. The summed E-state index contributed by atoms with van der Waals surface area (Å²) in [6, 6.07) is 54.9. The van der Waals surface area contributed by atoms with Crippen molar-refractivity contribution in [1.82, 2.24) is 24.1 Å². The maximum atomic E-state index is 9.00. The van der Waals surface area contributed by atoms with Crippen molar-refractivity contribution in [3.8, 4) is 56.7 Å². The van der Waals surface area contributed by atoms with Crippen LogP contribution in [-0.2, 0) is 0 Å². The van der Waals surface area contributed by atoms with Gasteiger partial charge in [-0.3, -0.25) is 4.57 Å². The Morgan fingerprint density at radius 1 is 0.357 bits per heavy atom. The number of para-hydroxylation sites is 3. The largest absolute Gasteiger partial charge is 0.307 e. The number of aromatic nitrogens is 5. The van der Waals surface area contributed by atoms with E-state index in [0.717, 1.165) is 65.9 Å². The van der Waals surface area contributed by atoms with E-state index in [4.69, 9.17) is 21.8 Å². The molecule has 262 valence electrons. The Hall–Kier alpha value is -7.63. The highest BCUT2D eigenvalue weighted by molar-refractivity contribution is 6.24. The highest BCUT2D eigenvalue weighted by Gasteiger charge is 2.24. The van der Waals surface area contributed by atoms with Crippen molar-refractivity contribution < 1.29 is 6.85 Å². The lowest BCUT2D eigenvalue weighted by molar-refractivity contribution is 0.953. The first-order valence-electron chi connectivity index (χ1n) is 21.0. The van der Waals surface area contributed by atoms with Crippen molar-refractivity contribution in [1.29, 1.82) is 0 Å². The predicted molar refractivity (Wildman–Crippen MR) is 230 cm³/mol. The highest BCUT2D eigenvalue weighted by atomic mass is 15.2. The van der Waals surface area contributed by atoms with Crippen LogP contribution in [0.4, 0.5) is 0 Å². The Morgan fingerprint density at radius 2 is 0.839 bits per heavy atom. The van der Waals surface area contributed by atoms with Crippen LogP contribution in [0.2, 0.25) is 0 Å².